The van der Waals surface area contributed by atoms with E-state index in [0.717, 1.165) is 16.7 Å². The lowest BCUT2D eigenvalue weighted by Gasteiger charge is -2.10. The molecule has 2 aromatic heterocycles. The van der Waals surface area contributed by atoms with E-state index in [1.54, 1.807) is 30.6 Å². The van der Waals surface area contributed by atoms with Gasteiger partial charge in [-0.15, -0.1) is 0 Å². The Morgan fingerprint density at radius 1 is 1.18 bits per heavy atom. The molecule has 3 aromatic rings. The number of fused-ring (bicyclic) bond motifs is 1. The second kappa shape index (κ2) is 9.33. The quantitative estimate of drug-likeness (QED) is 0.587. The van der Waals surface area contributed by atoms with Crippen LogP contribution in [0, 0.1) is 11.3 Å². The van der Waals surface area contributed by atoms with Gasteiger partial charge in [0.05, 0.1) is 17.7 Å². The standard InChI is InChI=1S/C21H21N5O2/c1-2-28-18-4-5-19-16(13-18)12-17(14-22)20(26-19)24-8-3-9-25-21(27)15-6-10-23-11-7-15/h4-7,10-13H,2-3,8-9H2,1H3,(H,24,26)(H,25,27). The SMILES string of the molecule is CCOc1ccc2nc(NCCCNC(=O)c3ccncc3)c(C#N)cc2c1. The lowest BCUT2D eigenvalue weighted by atomic mass is 10.1. The van der Waals surface area contributed by atoms with Crippen LogP contribution in [0.15, 0.2) is 48.8 Å². The van der Waals surface area contributed by atoms with Crippen LogP contribution in [-0.2, 0) is 0 Å². The molecule has 28 heavy (non-hydrogen) atoms. The summed E-state index contributed by atoms with van der Waals surface area (Å²) in [4.78, 5) is 20.4. The molecule has 0 spiro atoms. The third-order valence-electron chi connectivity index (χ3n) is 4.09. The zero-order chi connectivity index (χ0) is 19.8. The van der Waals surface area contributed by atoms with Crippen molar-refractivity contribution in [2.75, 3.05) is 25.0 Å². The summed E-state index contributed by atoms with van der Waals surface area (Å²) in [5, 5.41) is 16.3. The Morgan fingerprint density at radius 2 is 2.00 bits per heavy atom. The Kier molecular flexibility index (Phi) is 6.37. The maximum absolute atomic E-state index is 12.0. The van der Waals surface area contributed by atoms with Gasteiger partial charge in [0.1, 0.15) is 17.6 Å². The number of nitrogens with one attached hydrogen (secondary N) is 2. The molecule has 7 nitrogen and oxygen atoms in total. The van der Waals surface area contributed by atoms with Crippen LogP contribution in [0.5, 0.6) is 5.75 Å². The van der Waals surface area contributed by atoms with Gasteiger partial charge in [-0.3, -0.25) is 9.78 Å². The number of anilines is 1. The van der Waals surface area contributed by atoms with Crippen LogP contribution in [0.1, 0.15) is 29.3 Å². The van der Waals surface area contributed by atoms with Crippen molar-refractivity contribution in [3.8, 4) is 11.8 Å². The minimum absolute atomic E-state index is 0.131. The number of nitriles is 1. The summed E-state index contributed by atoms with van der Waals surface area (Å²) in [6, 6.07) is 12.9. The van der Waals surface area contributed by atoms with Gasteiger partial charge in [0.25, 0.3) is 5.91 Å². The zero-order valence-corrected chi connectivity index (χ0v) is 15.6. The van der Waals surface area contributed by atoms with Gasteiger partial charge >= 0.3 is 0 Å². The number of carbonyl (C=O) groups is 1. The fraction of sp³-hybridized carbons (Fsp3) is 0.238. The van der Waals surface area contributed by atoms with Crippen LogP contribution in [0.2, 0.25) is 0 Å². The van der Waals surface area contributed by atoms with Crippen molar-refractivity contribution in [3.63, 3.8) is 0 Å². The molecule has 0 atom stereocenters. The highest BCUT2D eigenvalue weighted by Gasteiger charge is 2.08. The second-order valence-corrected chi connectivity index (χ2v) is 6.06. The molecule has 3 rings (SSSR count). The molecular weight excluding hydrogens is 354 g/mol. The van der Waals surface area contributed by atoms with Crippen molar-refractivity contribution in [1.82, 2.24) is 15.3 Å². The molecular formula is C21H21N5O2. The maximum atomic E-state index is 12.0. The maximum Gasteiger partial charge on any atom is 0.251 e. The highest BCUT2D eigenvalue weighted by atomic mass is 16.5. The van der Waals surface area contributed by atoms with E-state index < -0.39 is 0 Å². The third-order valence-corrected chi connectivity index (χ3v) is 4.09. The van der Waals surface area contributed by atoms with Gasteiger partial charge in [-0.25, -0.2) is 4.98 Å². The largest absolute Gasteiger partial charge is 0.494 e. The first-order valence-electron chi connectivity index (χ1n) is 9.11. The summed E-state index contributed by atoms with van der Waals surface area (Å²) in [6.07, 6.45) is 3.87. The molecule has 0 radical (unpaired) electrons. The number of pyridine rings is 2. The molecule has 1 aromatic carbocycles. The average molecular weight is 375 g/mol. The Labute approximate surface area is 163 Å². The minimum atomic E-state index is -0.131. The number of rotatable bonds is 8. The molecule has 2 heterocycles. The highest BCUT2D eigenvalue weighted by Crippen LogP contribution is 2.24. The number of nitrogens with zero attached hydrogens (tertiary/aromatic N) is 3. The molecule has 0 aliphatic heterocycles. The number of amides is 1. The molecule has 0 saturated heterocycles. The van der Waals surface area contributed by atoms with Gasteiger partial charge in [0, 0.05) is 36.4 Å². The fourth-order valence-corrected chi connectivity index (χ4v) is 2.73. The first kappa shape index (κ1) is 19.1. The Bertz CT molecular complexity index is 999. The Balaban J connectivity index is 1.57. The van der Waals surface area contributed by atoms with Crippen molar-refractivity contribution in [3.05, 3.63) is 59.9 Å². The van der Waals surface area contributed by atoms with Crippen molar-refractivity contribution < 1.29 is 9.53 Å². The lowest BCUT2D eigenvalue weighted by Crippen LogP contribution is -2.25. The average Bonchev–Trinajstić information content (AvgIpc) is 2.73. The molecule has 0 fully saturated rings. The molecule has 1 amide bonds. The predicted octanol–water partition coefficient (Wildman–Crippen LogP) is 3.13. The van der Waals surface area contributed by atoms with Crippen molar-refractivity contribution in [2.24, 2.45) is 0 Å². The summed E-state index contributed by atoms with van der Waals surface area (Å²) in [6.45, 7) is 3.61. The van der Waals surface area contributed by atoms with Crippen molar-refractivity contribution in [2.45, 2.75) is 13.3 Å². The minimum Gasteiger partial charge on any atom is -0.494 e. The molecule has 142 valence electrons. The summed E-state index contributed by atoms with van der Waals surface area (Å²) < 4.78 is 5.50. The van der Waals surface area contributed by atoms with Gasteiger partial charge in [0.15, 0.2) is 0 Å². The first-order chi connectivity index (χ1) is 13.7. The third kappa shape index (κ3) is 4.74. The van der Waals surface area contributed by atoms with E-state index in [1.165, 1.54) is 0 Å². The van der Waals surface area contributed by atoms with Crippen LogP contribution in [0.25, 0.3) is 10.9 Å². The van der Waals surface area contributed by atoms with E-state index in [-0.39, 0.29) is 5.91 Å². The van der Waals surface area contributed by atoms with E-state index in [0.29, 0.717) is 43.1 Å². The monoisotopic (exact) mass is 375 g/mol. The van der Waals surface area contributed by atoms with Crippen LogP contribution in [0.3, 0.4) is 0 Å². The molecule has 0 aliphatic carbocycles. The predicted molar refractivity (Wildman–Crippen MR) is 107 cm³/mol. The number of ether oxygens (including phenoxy) is 1. The van der Waals surface area contributed by atoms with Crippen LogP contribution in [-0.4, -0.2) is 35.6 Å². The van der Waals surface area contributed by atoms with Crippen molar-refractivity contribution in [1.29, 1.82) is 5.26 Å². The highest BCUT2D eigenvalue weighted by molar-refractivity contribution is 5.93. The summed E-state index contributed by atoms with van der Waals surface area (Å²) >= 11 is 0. The normalized spacial score (nSPS) is 10.3. The number of benzene rings is 1. The second-order valence-electron chi connectivity index (χ2n) is 6.06. The van der Waals surface area contributed by atoms with E-state index >= 15 is 0 Å². The van der Waals surface area contributed by atoms with E-state index in [4.69, 9.17) is 4.74 Å². The summed E-state index contributed by atoms with van der Waals surface area (Å²) in [5.74, 6) is 1.17. The molecule has 0 aliphatic rings. The van der Waals surface area contributed by atoms with Crippen molar-refractivity contribution >= 4 is 22.6 Å². The molecule has 0 bridgehead atoms. The fourth-order valence-electron chi connectivity index (χ4n) is 2.73. The van der Waals surface area contributed by atoms with E-state index in [2.05, 4.69) is 26.7 Å². The van der Waals surface area contributed by atoms with Gasteiger partial charge in [-0.05, 0) is 49.7 Å². The summed E-state index contributed by atoms with van der Waals surface area (Å²) in [7, 11) is 0. The van der Waals surface area contributed by atoms with Gasteiger partial charge in [-0.1, -0.05) is 0 Å². The summed E-state index contributed by atoms with van der Waals surface area (Å²) in [5.41, 5.74) is 1.84. The Hall–Kier alpha value is -3.66. The molecule has 0 saturated carbocycles. The lowest BCUT2D eigenvalue weighted by molar-refractivity contribution is 0.0953. The Morgan fingerprint density at radius 3 is 2.75 bits per heavy atom. The van der Waals surface area contributed by atoms with E-state index in [9.17, 15) is 10.1 Å². The van der Waals surface area contributed by atoms with Crippen LogP contribution < -0.4 is 15.4 Å². The number of hydrogen-bond donors (Lipinski definition) is 2. The van der Waals surface area contributed by atoms with E-state index in [1.807, 2.05) is 25.1 Å². The topological polar surface area (TPSA) is 99.9 Å². The molecule has 7 heteroatoms. The molecule has 2 N–H and O–H groups in total. The van der Waals surface area contributed by atoms with Crippen LogP contribution >= 0.6 is 0 Å². The van der Waals surface area contributed by atoms with Gasteiger partial charge in [-0.2, -0.15) is 5.26 Å². The van der Waals surface area contributed by atoms with Gasteiger partial charge < -0.3 is 15.4 Å². The smallest absolute Gasteiger partial charge is 0.251 e. The van der Waals surface area contributed by atoms with Crippen LogP contribution in [0.4, 0.5) is 5.82 Å². The molecule has 0 unspecified atom stereocenters. The zero-order valence-electron chi connectivity index (χ0n) is 15.6. The van der Waals surface area contributed by atoms with Gasteiger partial charge in [0.2, 0.25) is 0 Å². The number of hydrogen-bond acceptors (Lipinski definition) is 6. The number of aromatic nitrogens is 2. The number of carbonyl (C=O) groups excluding carboxylic acids is 1. The first-order valence-corrected chi connectivity index (χ1v) is 9.11.